The van der Waals surface area contributed by atoms with Crippen molar-refractivity contribution in [2.75, 3.05) is 25.6 Å². The Hall–Kier alpha value is -3.61. The Balaban J connectivity index is 1.47. The molecule has 0 spiro atoms. The summed E-state index contributed by atoms with van der Waals surface area (Å²) in [5, 5.41) is 6.02. The molecule has 0 bridgehead atoms. The lowest BCUT2D eigenvalue weighted by Gasteiger charge is -2.10. The molecule has 1 heterocycles. The fourth-order valence-electron chi connectivity index (χ4n) is 2.67. The zero-order chi connectivity index (χ0) is 20.5. The number of aromatic nitrogens is 2. The van der Waals surface area contributed by atoms with E-state index in [0.29, 0.717) is 31.2 Å². The molecule has 2 aromatic carbocycles. The minimum absolute atomic E-state index is 0.242. The number of benzene rings is 2. The van der Waals surface area contributed by atoms with Gasteiger partial charge in [-0.1, -0.05) is 24.3 Å². The Labute approximate surface area is 170 Å². The van der Waals surface area contributed by atoms with Crippen molar-refractivity contribution in [2.45, 2.75) is 13.5 Å². The van der Waals surface area contributed by atoms with Crippen LogP contribution in [0.15, 0.2) is 60.9 Å². The number of hydrogen-bond acceptors (Lipinski definition) is 6. The second-order valence-electron chi connectivity index (χ2n) is 6.35. The van der Waals surface area contributed by atoms with Gasteiger partial charge >= 0.3 is 0 Å². The summed E-state index contributed by atoms with van der Waals surface area (Å²) in [6.45, 7) is 3.45. The second kappa shape index (κ2) is 10.1. The molecule has 0 aliphatic heterocycles. The van der Waals surface area contributed by atoms with E-state index in [1.165, 1.54) is 6.33 Å². The molecule has 0 unspecified atom stereocenters. The summed E-state index contributed by atoms with van der Waals surface area (Å²) in [5.74, 6) is 1.86. The first-order chi connectivity index (χ1) is 14.2. The normalized spacial score (nSPS) is 10.3. The van der Waals surface area contributed by atoms with Gasteiger partial charge in [-0.3, -0.25) is 4.79 Å². The number of hydrogen-bond donors (Lipinski definition) is 2. The van der Waals surface area contributed by atoms with Crippen LogP contribution in [-0.4, -0.2) is 36.1 Å². The summed E-state index contributed by atoms with van der Waals surface area (Å²) in [7, 11) is 1.62. The van der Waals surface area contributed by atoms with Gasteiger partial charge in [0.25, 0.3) is 5.91 Å². The largest absolute Gasteiger partial charge is 0.497 e. The van der Waals surface area contributed by atoms with Crippen LogP contribution >= 0.6 is 0 Å². The van der Waals surface area contributed by atoms with E-state index in [1.807, 2.05) is 55.5 Å². The van der Waals surface area contributed by atoms with Gasteiger partial charge in [-0.2, -0.15) is 0 Å². The summed E-state index contributed by atoms with van der Waals surface area (Å²) < 4.78 is 10.8. The Morgan fingerprint density at radius 1 is 1.03 bits per heavy atom. The van der Waals surface area contributed by atoms with Gasteiger partial charge in [-0.15, -0.1) is 0 Å². The first kappa shape index (κ1) is 20.1. The summed E-state index contributed by atoms with van der Waals surface area (Å²) in [6, 6.07) is 16.9. The molecule has 7 nitrogen and oxygen atoms in total. The maximum Gasteiger partial charge on any atom is 0.270 e. The van der Waals surface area contributed by atoms with Gasteiger partial charge in [0.15, 0.2) is 0 Å². The van der Waals surface area contributed by atoms with Gasteiger partial charge in [0.2, 0.25) is 0 Å². The molecular formula is C22H24N4O3. The molecule has 1 aromatic heterocycles. The molecule has 3 aromatic rings. The van der Waals surface area contributed by atoms with Crippen LogP contribution in [0, 0.1) is 6.92 Å². The van der Waals surface area contributed by atoms with E-state index in [1.54, 1.807) is 13.2 Å². The Kier molecular flexibility index (Phi) is 7.00. The minimum atomic E-state index is -0.242. The molecule has 1 amide bonds. The number of carbonyl (C=O) groups excluding carboxylic acids is 1. The van der Waals surface area contributed by atoms with Crippen LogP contribution in [0.4, 0.5) is 5.82 Å². The lowest BCUT2D eigenvalue weighted by molar-refractivity contribution is 0.0945. The van der Waals surface area contributed by atoms with Gasteiger partial charge in [0.1, 0.15) is 35.9 Å². The molecular weight excluding hydrogens is 368 g/mol. The van der Waals surface area contributed by atoms with Crippen molar-refractivity contribution in [3.63, 3.8) is 0 Å². The molecule has 3 rings (SSSR count). The van der Waals surface area contributed by atoms with Crippen molar-refractivity contribution < 1.29 is 14.3 Å². The third kappa shape index (κ3) is 5.93. The van der Waals surface area contributed by atoms with E-state index >= 15 is 0 Å². The highest BCUT2D eigenvalue weighted by atomic mass is 16.5. The van der Waals surface area contributed by atoms with Crippen LogP contribution in [0.3, 0.4) is 0 Å². The smallest absolute Gasteiger partial charge is 0.270 e. The highest BCUT2D eigenvalue weighted by molar-refractivity contribution is 5.92. The lowest BCUT2D eigenvalue weighted by Crippen LogP contribution is -2.24. The quantitative estimate of drug-likeness (QED) is 0.544. The predicted molar refractivity (Wildman–Crippen MR) is 111 cm³/mol. The monoisotopic (exact) mass is 392 g/mol. The molecule has 2 N–H and O–H groups in total. The zero-order valence-electron chi connectivity index (χ0n) is 16.5. The van der Waals surface area contributed by atoms with Gasteiger partial charge < -0.3 is 20.1 Å². The minimum Gasteiger partial charge on any atom is -0.497 e. The van der Waals surface area contributed by atoms with E-state index < -0.39 is 0 Å². The molecule has 150 valence electrons. The van der Waals surface area contributed by atoms with Crippen molar-refractivity contribution in [2.24, 2.45) is 0 Å². The van der Waals surface area contributed by atoms with Crippen molar-refractivity contribution in [3.8, 4) is 11.5 Å². The first-order valence-corrected chi connectivity index (χ1v) is 9.31. The molecule has 0 aliphatic rings. The molecule has 0 aliphatic carbocycles. The number of amides is 1. The molecule has 0 radical (unpaired) electrons. The highest BCUT2D eigenvalue weighted by Crippen LogP contribution is 2.16. The highest BCUT2D eigenvalue weighted by Gasteiger charge is 2.09. The first-order valence-electron chi connectivity index (χ1n) is 9.31. The van der Waals surface area contributed by atoms with Crippen LogP contribution in [0.25, 0.3) is 0 Å². The fraction of sp³-hybridized carbons (Fsp3) is 0.227. The topological polar surface area (TPSA) is 85.4 Å². The molecule has 29 heavy (non-hydrogen) atoms. The number of ether oxygens (including phenoxy) is 2. The summed E-state index contributed by atoms with van der Waals surface area (Å²) >= 11 is 0. The van der Waals surface area contributed by atoms with E-state index in [0.717, 1.165) is 22.6 Å². The van der Waals surface area contributed by atoms with Crippen LogP contribution in [0.5, 0.6) is 11.5 Å². The number of rotatable bonds is 9. The molecule has 0 fully saturated rings. The molecule has 7 heteroatoms. The van der Waals surface area contributed by atoms with Crippen molar-refractivity contribution in [3.05, 3.63) is 77.7 Å². The molecule has 0 saturated heterocycles. The third-order valence-corrected chi connectivity index (χ3v) is 4.34. The van der Waals surface area contributed by atoms with Gasteiger partial charge in [-0.05, 0) is 42.3 Å². The average Bonchev–Trinajstić information content (AvgIpc) is 2.76. The third-order valence-electron chi connectivity index (χ3n) is 4.34. The standard InChI is InChI=1S/C22H24N4O3/c1-16-5-3-4-6-17(16)14-24-22(27)20-13-21(26-15-25-20)23-11-12-29-19-9-7-18(28-2)8-10-19/h3-10,13,15H,11-12,14H2,1-2H3,(H,24,27)(H,23,25,26). The van der Waals surface area contributed by atoms with Crippen molar-refractivity contribution in [1.29, 1.82) is 0 Å². The van der Waals surface area contributed by atoms with E-state index in [9.17, 15) is 4.79 Å². The van der Waals surface area contributed by atoms with Crippen molar-refractivity contribution >= 4 is 11.7 Å². The molecule has 0 atom stereocenters. The predicted octanol–water partition coefficient (Wildman–Crippen LogP) is 3.21. The number of nitrogens with zero attached hydrogens (tertiary/aromatic N) is 2. The maximum absolute atomic E-state index is 12.4. The Morgan fingerprint density at radius 2 is 1.79 bits per heavy atom. The van der Waals surface area contributed by atoms with Gasteiger partial charge in [0, 0.05) is 12.6 Å². The number of nitrogens with one attached hydrogen (secondary N) is 2. The average molecular weight is 392 g/mol. The summed E-state index contributed by atoms with van der Waals surface area (Å²) in [6.07, 6.45) is 1.37. The number of anilines is 1. The van der Waals surface area contributed by atoms with E-state index in [4.69, 9.17) is 9.47 Å². The van der Waals surface area contributed by atoms with Crippen LogP contribution in [0.1, 0.15) is 21.6 Å². The van der Waals surface area contributed by atoms with Crippen LogP contribution in [-0.2, 0) is 6.54 Å². The summed E-state index contributed by atoms with van der Waals surface area (Å²) in [5.41, 5.74) is 2.52. The molecule has 0 saturated carbocycles. The van der Waals surface area contributed by atoms with Gasteiger partial charge in [0.05, 0.1) is 13.7 Å². The summed E-state index contributed by atoms with van der Waals surface area (Å²) in [4.78, 5) is 20.6. The second-order valence-corrected chi connectivity index (χ2v) is 6.35. The van der Waals surface area contributed by atoms with E-state index in [-0.39, 0.29) is 5.91 Å². The lowest BCUT2D eigenvalue weighted by atomic mass is 10.1. The number of aryl methyl sites for hydroxylation is 1. The van der Waals surface area contributed by atoms with Crippen LogP contribution in [0.2, 0.25) is 0 Å². The van der Waals surface area contributed by atoms with Crippen molar-refractivity contribution in [1.82, 2.24) is 15.3 Å². The number of carbonyl (C=O) groups is 1. The van der Waals surface area contributed by atoms with Crippen LogP contribution < -0.4 is 20.1 Å². The van der Waals surface area contributed by atoms with Gasteiger partial charge in [-0.25, -0.2) is 9.97 Å². The maximum atomic E-state index is 12.4. The fourth-order valence-corrected chi connectivity index (χ4v) is 2.67. The Bertz CT molecular complexity index is 945. The number of methoxy groups -OCH3 is 1. The Morgan fingerprint density at radius 3 is 2.55 bits per heavy atom. The van der Waals surface area contributed by atoms with E-state index in [2.05, 4.69) is 20.6 Å². The SMILES string of the molecule is COc1ccc(OCCNc2cc(C(=O)NCc3ccccc3C)ncn2)cc1. The zero-order valence-corrected chi connectivity index (χ0v) is 16.5.